The van der Waals surface area contributed by atoms with Crippen LogP contribution in [0.1, 0.15) is 0 Å². The summed E-state index contributed by atoms with van der Waals surface area (Å²) >= 11 is 3.23. The van der Waals surface area contributed by atoms with Gasteiger partial charge in [-0.3, -0.25) is 4.55 Å². The zero-order valence-corrected chi connectivity index (χ0v) is 9.79. The lowest BCUT2D eigenvalue weighted by atomic mass is 10.0. The highest BCUT2D eigenvalue weighted by molar-refractivity contribution is 9.10. The minimum Gasteiger partial charge on any atom is -0.309 e. The highest BCUT2D eigenvalue weighted by Gasteiger charge is 2.34. The Balaban J connectivity index is 2.54. The lowest BCUT2D eigenvalue weighted by molar-refractivity contribution is 0.498. The molecule has 7 heteroatoms. The molecule has 0 aromatic carbocycles. The topological polar surface area (TPSA) is 92.8 Å². The van der Waals surface area contributed by atoms with E-state index in [4.69, 9.17) is 10.3 Å². The second kappa shape index (κ2) is 3.11. The predicted molar refractivity (Wildman–Crippen MR) is 60.1 cm³/mol. The van der Waals surface area contributed by atoms with Crippen molar-refractivity contribution in [3.8, 4) is 0 Å². The van der Waals surface area contributed by atoms with Gasteiger partial charge in [0.25, 0.3) is 0 Å². The van der Waals surface area contributed by atoms with Crippen LogP contribution in [0.15, 0.2) is 40.6 Å². The van der Waals surface area contributed by atoms with E-state index in [0.717, 1.165) is 0 Å². The first-order valence-electron chi connectivity index (χ1n) is 3.97. The van der Waals surface area contributed by atoms with Gasteiger partial charge in [-0.15, -0.1) is 0 Å². The minimum absolute atomic E-state index is 0.387. The number of alkyl halides is 1. The summed E-state index contributed by atoms with van der Waals surface area (Å²) in [7, 11) is -4.28. The van der Waals surface area contributed by atoms with Crippen LogP contribution in [-0.2, 0) is 10.1 Å². The fourth-order valence-corrected chi connectivity index (χ4v) is 2.29. The Morgan fingerprint density at radius 3 is 2.73 bits per heavy atom. The molecule has 1 aliphatic carbocycles. The van der Waals surface area contributed by atoms with Gasteiger partial charge < -0.3 is 5.73 Å². The zero-order chi connectivity index (χ0) is 11.3. The number of fused-ring (bicyclic) bond motifs is 1. The molecule has 0 spiro atoms. The molecule has 5 nitrogen and oxygen atoms in total. The molecule has 2 aliphatic rings. The van der Waals surface area contributed by atoms with Gasteiger partial charge in [-0.05, 0) is 18.2 Å². The fourth-order valence-electron chi connectivity index (χ4n) is 1.34. The van der Waals surface area contributed by atoms with Gasteiger partial charge >= 0.3 is 10.1 Å². The number of rotatable bonds is 0. The van der Waals surface area contributed by atoms with Gasteiger partial charge in [-0.25, -0.2) is 4.99 Å². The molecule has 0 bridgehead atoms. The Hall–Kier alpha value is -0.760. The highest BCUT2D eigenvalue weighted by Crippen LogP contribution is 2.36. The molecule has 3 N–H and O–H groups in total. The fraction of sp³-hybridized carbons (Fsp3) is 0.125. The van der Waals surface area contributed by atoms with E-state index >= 15 is 0 Å². The van der Waals surface area contributed by atoms with Crippen molar-refractivity contribution in [3.05, 3.63) is 35.6 Å². The molecule has 0 saturated carbocycles. The van der Waals surface area contributed by atoms with E-state index in [1.54, 1.807) is 18.2 Å². The van der Waals surface area contributed by atoms with Crippen molar-refractivity contribution in [1.29, 1.82) is 0 Å². The lowest BCUT2D eigenvalue weighted by Crippen LogP contribution is -2.33. The van der Waals surface area contributed by atoms with Crippen molar-refractivity contribution in [1.82, 2.24) is 0 Å². The average Bonchev–Trinajstić information content (AvgIpc) is 2.47. The van der Waals surface area contributed by atoms with Crippen LogP contribution in [0.25, 0.3) is 0 Å². The van der Waals surface area contributed by atoms with Crippen molar-refractivity contribution < 1.29 is 13.0 Å². The van der Waals surface area contributed by atoms with Crippen LogP contribution in [0.2, 0.25) is 0 Å². The van der Waals surface area contributed by atoms with Gasteiger partial charge in [0, 0.05) is 5.57 Å². The summed E-state index contributed by atoms with van der Waals surface area (Å²) in [6.07, 6.45) is 6.19. The van der Waals surface area contributed by atoms with Crippen LogP contribution in [0.5, 0.6) is 0 Å². The summed E-state index contributed by atoms with van der Waals surface area (Å²) in [6.45, 7) is 0. The molecule has 15 heavy (non-hydrogen) atoms. The average molecular weight is 291 g/mol. The van der Waals surface area contributed by atoms with Crippen LogP contribution in [0.3, 0.4) is 0 Å². The molecule has 2 rings (SSSR count). The SMILES string of the molecule is NC1(Br)C=CC=C2N=C(S(=O)(=O)O)C=C21. The first-order chi connectivity index (χ1) is 6.81. The number of aliphatic imine (C=N–C) groups is 1. The predicted octanol–water partition coefficient (Wildman–Crippen LogP) is 0.716. The summed E-state index contributed by atoms with van der Waals surface area (Å²) in [5.74, 6) is 0. The molecule has 0 aromatic heterocycles. The van der Waals surface area contributed by atoms with Gasteiger partial charge in [-0.1, -0.05) is 22.0 Å². The normalized spacial score (nSPS) is 29.4. The Kier molecular flexibility index (Phi) is 2.23. The molecule has 1 atom stereocenters. The Labute approximate surface area is 94.9 Å². The lowest BCUT2D eigenvalue weighted by Gasteiger charge is -2.22. The van der Waals surface area contributed by atoms with E-state index in [0.29, 0.717) is 11.3 Å². The maximum Gasteiger partial charge on any atom is 0.312 e. The van der Waals surface area contributed by atoms with E-state index in [9.17, 15) is 8.42 Å². The van der Waals surface area contributed by atoms with E-state index in [-0.39, 0.29) is 5.04 Å². The maximum absolute atomic E-state index is 10.9. The summed E-state index contributed by atoms with van der Waals surface area (Å²) in [5.41, 5.74) is 6.79. The smallest absolute Gasteiger partial charge is 0.309 e. The van der Waals surface area contributed by atoms with Gasteiger partial charge in [0.2, 0.25) is 0 Å². The second-order valence-electron chi connectivity index (χ2n) is 3.16. The van der Waals surface area contributed by atoms with Crippen LogP contribution in [0.4, 0.5) is 0 Å². The van der Waals surface area contributed by atoms with Crippen molar-refractivity contribution in [3.63, 3.8) is 0 Å². The Bertz CT molecular complexity index is 540. The summed E-state index contributed by atoms with van der Waals surface area (Å²) in [5, 5.41) is -0.387. The van der Waals surface area contributed by atoms with Gasteiger partial charge in [0.05, 0.1) is 5.70 Å². The monoisotopic (exact) mass is 290 g/mol. The molecule has 0 fully saturated rings. The third-order valence-corrected chi connectivity index (χ3v) is 3.47. The molecule has 1 heterocycles. The summed E-state index contributed by atoms with van der Waals surface area (Å²) in [4.78, 5) is 3.76. The van der Waals surface area contributed by atoms with E-state index in [2.05, 4.69) is 20.9 Å². The molecule has 1 unspecified atom stereocenters. The van der Waals surface area contributed by atoms with Crippen molar-refractivity contribution >= 4 is 31.1 Å². The van der Waals surface area contributed by atoms with E-state index in [1.807, 2.05) is 0 Å². The summed E-state index contributed by atoms with van der Waals surface area (Å²) in [6, 6.07) is 0. The standard InChI is InChI=1S/C8H7BrN2O3S/c9-8(10)3-1-2-6-5(8)4-7(11-6)15(12,13)14/h1-4H,10H2,(H,12,13,14). The largest absolute Gasteiger partial charge is 0.312 e. The number of hydrogen-bond acceptors (Lipinski definition) is 4. The Morgan fingerprint density at radius 2 is 2.20 bits per heavy atom. The maximum atomic E-state index is 10.9. The van der Waals surface area contributed by atoms with Crippen LogP contribution in [-0.4, -0.2) is 22.5 Å². The quantitative estimate of drug-likeness (QED) is 0.390. The molecule has 1 aliphatic heterocycles. The Morgan fingerprint density at radius 1 is 1.53 bits per heavy atom. The van der Waals surface area contributed by atoms with Crippen molar-refractivity contribution in [2.75, 3.05) is 0 Å². The van der Waals surface area contributed by atoms with Gasteiger partial charge in [-0.2, -0.15) is 8.42 Å². The first kappa shape index (κ1) is 10.7. The van der Waals surface area contributed by atoms with E-state index in [1.165, 1.54) is 6.08 Å². The molecule has 0 saturated heterocycles. The summed E-state index contributed by atoms with van der Waals surface area (Å²) < 4.78 is 29.6. The highest BCUT2D eigenvalue weighted by atomic mass is 79.9. The molecule has 0 aromatic rings. The number of hydrogen-bond donors (Lipinski definition) is 2. The zero-order valence-electron chi connectivity index (χ0n) is 7.38. The number of nitrogens with zero attached hydrogens (tertiary/aromatic N) is 1. The van der Waals surface area contributed by atoms with E-state index < -0.39 is 14.6 Å². The van der Waals surface area contributed by atoms with Crippen molar-refractivity contribution in [2.24, 2.45) is 10.7 Å². The van der Waals surface area contributed by atoms with Crippen LogP contribution < -0.4 is 5.73 Å². The van der Waals surface area contributed by atoms with Crippen LogP contribution >= 0.6 is 15.9 Å². The molecule has 0 amide bonds. The third kappa shape index (κ3) is 1.83. The molecular formula is C8H7BrN2O3S. The number of nitrogens with two attached hydrogens (primary N) is 1. The molecule has 80 valence electrons. The first-order valence-corrected chi connectivity index (χ1v) is 6.20. The number of halogens is 1. The van der Waals surface area contributed by atoms with Gasteiger partial charge in [0.1, 0.15) is 4.45 Å². The number of allylic oxidation sites excluding steroid dienone is 2. The van der Waals surface area contributed by atoms with Crippen molar-refractivity contribution in [2.45, 2.75) is 4.45 Å². The van der Waals surface area contributed by atoms with Gasteiger partial charge in [0.15, 0.2) is 5.04 Å². The third-order valence-electron chi connectivity index (χ3n) is 2.04. The molecular weight excluding hydrogens is 284 g/mol. The molecule has 0 radical (unpaired) electrons. The minimum atomic E-state index is -4.28. The second-order valence-corrected chi connectivity index (χ2v) is 5.84. The van der Waals surface area contributed by atoms with Crippen LogP contribution in [0, 0.1) is 0 Å².